The van der Waals surface area contributed by atoms with Gasteiger partial charge in [0.25, 0.3) is 11.5 Å². The maximum Gasteiger partial charge on any atom is 0.266 e. The van der Waals surface area contributed by atoms with E-state index in [-0.39, 0.29) is 23.0 Å². The molecule has 0 spiro atoms. The van der Waals surface area contributed by atoms with Crippen molar-refractivity contribution in [2.75, 3.05) is 18.4 Å². The second-order valence-electron chi connectivity index (χ2n) is 8.74. The van der Waals surface area contributed by atoms with Crippen LogP contribution in [0.4, 0.5) is 10.1 Å². The molecule has 3 aromatic rings. The SMILES string of the molecule is Cc1c(C(=O)Nc2ccc(F)c(Cl)c2)sc2ncn(CC(=O)N3C[C@@H](C)C[C@H](C)C3)c(=O)c12. The van der Waals surface area contributed by atoms with Crippen molar-refractivity contribution in [3.63, 3.8) is 0 Å². The number of carbonyl (C=O) groups excluding carboxylic acids is 2. The number of halogens is 2. The molecule has 1 N–H and O–H groups in total. The summed E-state index contributed by atoms with van der Waals surface area (Å²) >= 11 is 6.87. The summed E-state index contributed by atoms with van der Waals surface area (Å²) < 4.78 is 14.7. The number of piperidine rings is 1. The molecule has 1 aliphatic rings. The van der Waals surface area contributed by atoms with Crippen molar-refractivity contribution >= 4 is 50.7 Å². The zero-order valence-electron chi connectivity index (χ0n) is 18.5. The van der Waals surface area contributed by atoms with Crippen molar-refractivity contribution in [1.29, 1.82) is 0 Å². The molecule has 33 heavy (non-hydrogen) atoms. The molecule has 0 radical (unpaired) electrons. The number of hydrogen-bond acceptors (Lipinski definition) is 5. The lowest BCUT2D eigenvalue weighted by Gasteiger charge is -2.35. The predicted octanol–water partition coefficient (Wildman–Crippen LogP) is 4.32. The van der Waals surface area contributed by atoms with Crippen LogP contribution in [0.2, 0.25) is 5.02 Å². The van der Waals surface area contributed by atoms with Crippen molar-refractivity contribution in [1.82, 2.24) is 14.5 Å². The molecule has 0 aliphatic carbocycles. The van der Waals surface area contributed by atoms with Gasteiger partial charge in [-0.3, -0.25) is 19.0 Å². The quantitative estimate of drug-likeness (QED) is 0.590. The molecule has 2 amide bonds. The van der Waals surface area contributed by atoms with Gasteiger partial charge in [0.2, 0.25) is 5.91 Å². The zero-order chi connectivity index (χ0) is 23.9. The lowest BCUT2D eigenvalue weighted by Crippen LogP contribution is -2.44. The number of benzene rings is 1. The Hall–Kier alpha value is -2.78. The normalized spacial score (nSPS) is 18.5. The molecule has 2 atom stereocenters. The van der Waals surface area contributed by atoms with Gasteiger partial charge in [-0.1, -0.05) is 25.4 Å². The van der Waals surface area contributed by atoms with Crippen LogP contribution >= 0.6 is 22.9 Å². The number of aryl methyl sites for hydroxylation is 1. The second kappa shape index (κ2) is 9.23. The monoisotopic (exact) mass is 490 g/mol. The average Bonchev–Trinajstić information content (AvgIpc) is 3.09. The molecule has 4 rings (SSSR count). The third-order valence-electron chi connectivity index (χ3n) is 5.83. The molecule has 10 heteroatoms. The number of nitrogens with zero attached hydrogens (tertiary/aromatic N) is 3. The van der Waals surface area contributed by atoms with Crippen LogP contribution in [0.25, 0.3) is 10.2 Å². The molecule has 7 nitrogen and oxygen atoms in total. The zero-order valence-corrected chi connectivity index (χ0v) is 20.1. The molecule has 0 saturated carbocycles. The van der Waals surface area contributed by atoms with Gasteiger partial charge in [-0.2, -0.15) is 0 Å². The number of nitrogens with one attached hydrogen (secondary N) is 1. The van der Waals surface area contributed by atoms with Gasteiger partial charge in [-0.05, 0) is 48.9 Å². The molecule has 1 aliphatic heterocycles. The topological polar surface area (TPSA) is 84.3 Å². The summed E-state index contributed by atoms with van der Waals surface area (Å²) in [6, 6.07) is 3.88. The number of amides is 2. The Labute approximate surface area is 199 Å². The smallest absolute Gasteiger partial charge is 0.266 e. The Balaban J connectivity index is 1.58. The number of thiophene rings is 1. The minimum Gasteiger partial charge on any atom is -0.341 e. The van der Waals surface area contributed by atoms with Gasteiger partial charge < -0.3 is 10.2 Å². The molecule has 0 bridgehead atoms. The lowest BCUT2D eigenvalue weighted by atomic mass is 9.92. The van der Waals surface area contributed by atoms with Crippen molar-refractivity contribution in [2.45, 2.75) is 33.7 Å². The fourth-order valence-corrected chi connectivity index (χ4v) is 5.58. The van der Waals surface area contributed by atoms with Gasteiger partial charge >= 0.3 is 0 Å². The van der Waals surface area contributed by atoms with E-state index in [9.17, 15) is 18.8 Å². The third-order valence-corrected chi connectivity index (χ3v) is 7.32. The molecule has 174 valence electrons. The van der Waals surface area contributed by atoms with E-state index < -0.39 is 11.7 Å². The van der Waals surface area contributed by atoms with Crippen LogP contribution in [0, 0.1) is 24.6 Å². The number of anilines is 1. The highest BCUT2D eigenvalue weighted by atomic mass is 35.5. The van der Waals surface area contributed by atoms with Crippen molar-refractivity contribution in [3.05, 3.63) is 56.2 Å². The first-order valence-corrected chi connectivity index (χ1v) is 11.9. The van der Waals surface area contributed by atoms with E-state index in [2.05, 4.69) is 24.1 Å². The van der Waals surface area contributed by atoms with Gasteiger partial charge in [-0.25, -0.2) is 9.37 Å². The minimum atomic E-state index is -0.583. The van der Waals surface area contributed by atoms with Crippen molar-refractivity contribution in [2.24, 2.45) is 11.8 Å². The molecule has 1 aromatic carbocycles. The Bertz CT molecular complexity index is 1290. The highest BCUT2D eigenvalue weighted by molar-refractivity contribution is 7.20. The summed E-state index contributed by atoms with van der Waals surface area (Å²) in [4.78, 5) is 45.7. The number of carbonyl (C=O) groups is 2. The summed E-state index contributed by atoms with van der Waals surface area (Å²) in [6.07, 6.45) is 2.44. The van der Waals surface area contributed by atoms with Gasteiger partial charge in [0.15, 0.2) is 0 Å². The Morgan fingerprint density at radius 1 is 1.27 bits per heavy atom. The Kier molecular flexibility index (Phi) is 6.54. The molecular formula is C23H24ClFN4O3S. The summed E-state index contributed by atoms with van der Waals surface area (Å²) in [6.45, 7) is 7.19. The molecule has 0 unspecified atom stereocenters. The van der Waals surface area contributed by atoms with Crippen LogP contribution in [-0.4, -0.2) is 39.4 Å². The maximum atomic E-state index is 13.4. The summed E-state index contributed by atoms with van der Waals surface area (Å²) in [5.41, 5.74) is 0.466. The predicted molar refractivity (Wildman–Crippen MR) is 128 cm³/mol. The van der Waals surface area contributed by atoms with E-state index in [1.807, 2.05) is 4.90 Å². The molecule has 2 aromatic heterocycles. The van der Waals surface area contributed by atoms with E-state index >= 15 is 0 Å². The first-order valence-electron chi connectivity index (χ1n) is 10.7. The van der Waals surface area contributed by atoms with Crippen LogP contribution in [-0.2, 0) is 11.3 Å². The van der Waals surface area contributed by atoms with Crippen LogP contribution in [0.15, 0.2) is 29.3 Å². The Morgan fingerprint density at radius 2 is 1.97 bits per heavy atom. The minimum absolute atomic E-state index is 0.0912. The van der Waals surface area contributed by atoms with E-state index in [0.717, 1.165) is 23.8 Å². The molecule has 1 fully saturated rings. The highest BCUT2D eigenvalue weighted by Crippen LogP contribution is 2.28. The summed E-state index contributed by atoms with van der Waals surface area (Å²) in [5.74, 6) is -0.301. The number of rotatable bonds is 4. The Morgan fingerprint density at radius 3 is 2.64 bits per heavy atom. The van der Waals surface area contributed by atoms with Crippen molar-refractivity contribution < 1.29 is 14.0 Å². The summed E-state index contributed by atoms with van der Waals surface area (Å²) in [7, 11) is 0. The number of aromatic nitrogens is 2. The molecular weight excluding hydrogens is 467 g/mol. The maximum absolute atomic E-state index is 13.4. The first-order chi connectivity index (χ1) is 15.6. The number of likely N-dealkylation sites (tertiary alicyclic amines) is 1. The largest absolute Gasteiger partial charge is 0.341 e. The van der Waals surface area contributed by atoms with Crippen LogP contribution in [0.3, 0.4) is 0 Å². The highest BCUT2D eigenvalue weighted by Gasteiger charge is 2.26. The van der Waals surface area contributed by atoms with E-state index in [4.69, 9.17) is 11.6 Å². The van der Waals surface area contributed by atoms with E-state index in [0.29, 0.717) is 51.3 Å². The van der Waals surface area contributed by atoms with Gasteiger partial charge in [-0.15, -0.1) is 11.3 Å². The summed E-state index contributed by atoms with van der Waals surface area (Å²) in [5, 5.41) is 2.88. The number of fused-ring (bicyclic) bond motifs is 1. The van der Waals surface area contributed by atoms with Crippen molar-refractivity contribution in [3.8, 4) is 0 Å². The fraction of sp³-hybridized carbons (Fsp3) is 0.391. The third kappa shape index (κ3) is 4.79. The van der Waals surface area contributed by atoms with E-state index in [1.54, 1.807) is 6.92 Å². The standard InChI is InChI=1S/C23H24ClFN4O3S/c1-12-6-13(2)9-28(8-12)18(30)10-29-11-26-22-19(23(29)32)14(3)20(33-22)21(31)27-15-4-5-17(25)16(24)7-15/h4-5,7,11-13H,6,8-10H2,1-3H3,(H,27,31)/t12-,13-/m0/s1. The van der Waals surface area contributed by atoms with Crippen LogP contribution in [0.5, 0.6) is 0 Å². The molecule has 1 saturated heterocycles. The van der Waals surface area contributed by atoms with Crippen LogP contribution in [0.1, 0.15) is 35.5 Å². The van der Waals surface area contributed by atoms with Gasteiger partial charge in [0.1, 0.15) is 17.2 Å². The van der Waals surface area contributed by atoms with Gasteiger partial charge in [0.05, 0.1) is 21.6 Å². The van der Waals surface area contributed by atoms with E-state index in [1.165, 1.54) is 23.0 Å². The second-order valence-corrected chi connectivity index (χ2v) is 10.1. The first kappa shape index (κ1) is 23.4. The number of hydrogen-bond donors (Lipinski definition) is 1. The van der Waals surface area contributed by atoms with Gasteiger partial charge in [0, 0.05) is 18.8 Å². The average molecular weight is 491 g/mol. The fourth-order valence-electron chi connectivity index (χ4n) is 4.36. The van der Waals surface area contributed by atoms with Crippen LogP contribution < -0.4 is 10.9 Å². The molecule has 3 heterocycles. The lowest BCUT2D eigenvalue weighted by molar-refractivity contribution is -0.134.